The highest BCUT2D eigenvalue weighted by Gasteiger charge is 2.43. The Bertz CT molecular complexity index is 1660. The number of hydrogen-bond acceptors (Lipinski definition) is 0. The molecule has 3 aromatic carbocycles. The lowest BCUT2D eigenvalue weighted by Gasteiger charge is -2.41. The molecular weight excluding hydrogens is 438 g/mol. The van der Waals surface area contributed by atoms with Crippen LogP contribution in [0, 0.1) is 0 Å². The van der Waals surface area contributed by atoms with Gasteiger partial charge in [-0.2, -0.15) is 0 Å². The molecule has 1 unspecified atom stereocenters. The van der Waals surface area contributed by atoms with Crippen molar-refractivity contribution in [1.82, 2.24) is 13.7 Å². The third-order valence-electron chi connectivity index (χ3n) is 8.94. The van der Waals surface area contributed by atoms with Crippen LogP contribution in [0.1, 0.15) is 48.3 Å². The molecule has 7 rings (SSSR count). The molecule has 1 atom stereocenters. The fourth-order valence-corrected chi connectivity index (χ4v) is 7.32. The SMILES string of the molecule is Cn1cc(C2CCCC(c3cn(C)c4ccccc34)(c3cn(C)c4ccccc34)C2)c2ccccc21. The average molecular weight is 472 g/mol. The van der Waals surface area contributed by atoms with E-state index in [0.29, 0.717) is 5.92 Å². The van der Waals surface area contributed by atoms with Crippen LogP contribution < -0.4 is 0 Å². The number of rotatable bonds is 3. The van der Waals surface area contributed by atoms with Gasteiger partial charge in [-0.15, -0.1) is 0 Å². The van der Waals surface area contributed by atoms with E-state index in [2.05, 4.69) is 126 Å². The Labute approximate surface area is 212 Å². The van der Waals surface area contributed by atoms with E-state index >= 15 is 0 Å². The van der Waals surface area contributed by atoms with E-state index in [1.165, 1.54) is 68.7 Å². The second-order valence-corrected chi connectivity index (χ2v) is 10.9. The minimum atomic E-state index is -0.0401. The van der Waals surface area contributed by atoms with Gasteiger partial charge in [-0.3, -0.25) is 0 Å². The summed E-state index contributed by atoms with van der Waals surface area (Å²) in [6.45, 7) is 0. The number of hydrogen-bond donors (Lipinski definition) is 0. The van der Waals surface area contributed by atoms with Crippen LogP contribution in [0.5, 0.6) is 0 Å². The van der Waals surface area contributed by atoms with Gasteiger partial charge in [0.15, 0.2) is 0 Å². The lowest BCUT2D eigenvalue weighted by atomic mass is 9.61. The summed E-state index contributed by atoms with van der Waals surface area (Å²) in [7, 11) is 6.60. The zero-order valence-electron chi connectivity index (χ0n) is 21.4. The number of aromatic nitrogens is 3. The van der Waals surface area contributed by atoms with Crippen molar-refractivity contribution in [3.63, 3.8) is 0 Å². The van der Waals surface area contributed by atoms with Gasteiger partial charge in [-0.25, -0.2) is 0 Å². The Morgan fingerprint density at radius 2 is 1.08 bits per heavy atom. The van der Waals surface area contributed by atoms with Crippen LogP contribution in [0.3, 0.4) is 0 Å². The monoisotopic (exact) mass is 471 g/mol. The molecule has 3 aromatic heterocycles. The molecule has 1 fully saturated rings. The van der Waals surface area contributed by atoms with Crippen LogP contribution >= 0.6 is 0 Å². The summed E-state index contributed by atoms with van der Waals surface area (Å²) < 4.78 is 6.98. The highest BCUT2D eigenvalue weighted by atomic mass is 14.9. The maximum atomic E-state index is 2.43. The number of nitrogens with zero attached hydrogens (tertiary/aromatic N) is 3. The number of benzene rings is 3. The molecule has 0 spiro atoms. The van der Waals surface area contributed by atoms with Crippen LogP contribution in [0.4, 0.5) is 0 Å². The van der Waals surface area contributed by atoms with Crippen LogP contribution in [0.15, 0.2) is 91.4 Å². The van der Waals surface area contributed by atoms with Gasteiger partial charge in [0.05, 0.1) is 0 Å². The fraction of sp³-hybridized carbons (Fsp3) is 0.273. The molecule has 0 aliphatic heterocycles. The van der Waals surface area contributed by atoms with Crippen LogP contribution in [0.2, 0.25) is 0 Å². The van der Waals surface area contributed by atoms with E-state index in [0.717, 1.165) is 6.42 Å². The van der Waals surface area contributed by atoms with Gasteiger partial charge in [-0.1, -0.05) is 61.0 Å². The van der Waals surface area contributed by atoms with Crippen molar-refractivity contribution in [3.05, 3.63) is 108 Å². The predicted molar refractivity (Wildman–Crippen MR) is 151 cm³/mol. The maximum absolute atomic E-state index is 2.43. The van der Waals surface area contributed by atoms with E-state index in [4.69, 9.17) is 0 Å². The van der Waals surface area contributed by atoms with Gasteiger partial charge in [0.2, 0.25) is 0 Å². The van der Waals surface area contributed by atoms with Crippen molar-refractivity contribution < 1.29 is 0 Å². The third kappa shape index (κ3) is 2.98. The van der Waals surface area contributed by atoms with Gasteiger partial charge in [0, 0.05) is 77.9 Å². The lowest BCUT2D eigenvalue weighted by Crippen LogP contribution is -2.33. The van der Waals surface area contributed by atoms with Gasteiger partial charge in [-0.05, 0) is 60.1 Å². The summed E-state index contributed by atoms with van der Waals surface area (Å²) in [5.41, 5.74) is 8.42. The Hall–Kier alpha value is -3.72. The summed E-state index contributed by atoms with van der Waals surface area (Å²) >= 11 is 0. The lowest BCUT2D eigenvalue weighted by molar-refractivity contribution is 0.314. The molecule has 0 radical (unpaired) electrons. The Morgan fingerprint density at radius 3 is 1.67 bits per heavy atom. The molecule has 0 saturated heterocycles. The summed E-state index contributed by atoms with van der Waals surface area (Å²) in [5, 5.41) is 4.20. The number of aryl methyl sites for hydroxylation is 3. The first-order chi connectivity index (χ1) is 17.6. The minimum Gasteiger partial charge on any atom is -0.350 e. The van der Waals surface area contributed by atoms with E-state index in [1.807, 2.05) is 0 Å². The minimum absolute atomic E-state index is 0.0401. The van der Waals surface area contributed by atoms with Gasteiger partial charge >= 0.3 is 0 Å². The Morgan fingerprint density at radius 1 is 0.611 bits per heavy atom. The van der Waals surface area contributed by atoms with Gasteiger partial charge in [0.25, 0.3) is 0 Å². The molecule has 3 heteroatoms. The summed E-state index contributed by atoms with van der Waals surface area (Å²) in [4.78, 5) is 0. The third-order valence-corrected chi connectivity index (χ3v) is 8.94. The van der Waals surface area contributed by atoms with Crippen molar-refractivity contribution in [1.29, 1.82) is 0 Å². The highest BCUT2D eigenvalue weighted by molar-refractivity contribution is 5.90. The molecular formula is C33H33N3. The van der Waals surface area contributed by atoms with Gasteiger partial charge in [0.1, 0.15) is 0 Å². The average Bonchev–Trinajstić information content (AvgIpc) is 3.56. The molecule has 1 aliphatic carbocycles. The molecule has 1 saturated carbocycles. The standard InChI is InChI=1S/C33H33N3/c1-34-20-27(24-12-4-7-15-30(24)34)23-11-10-18-33(19-23,28-21-35(2)31-16-8-5-13-25(28)31)29-22-36(3)32-17-9-6-14-26(29)32/h4-9,12-17,20-23H,10-11,18-19H2,1-3H3. The first kappa shape index (κ1) is 21.6. The van der Waals surface area contributed by atoms with Crippen molar-refractivity contribution in [2.75, 3.05) is 0 Å². The van der Waals surface area contributed by atoms with Crippen LogP contribution in [-0.2, 0) is 26.6 Å². The second kappa shape index (κ2) is 7.89. The van der Waals surface area contributed by atoms with Crippen molar-refractivity contribution in [3.8, 4) is 0 Å². The number of fused-ring (bicyclic) bond motifs is 3. The predicted octanol–water partition coefficient (Wildman–Crippen LogP) is 7.81. The Kier molecular flexibility index (Phi) is 4.73. The van der Waals surface area contributed by atoms with Crippen molar-refractivity contribution in [2.24, 2.45) is 21.1 Å². The summed E-state index contributed by atoms with van der Waals surface area (Å²) in [6, 6.07) is 26.8. The van der Waals surface area contributed by atoms with E-state index in [1.54, 1.807) is 0 Å². The zero-order chi connectivity index (χ0) is 24.4. The molecule has 3 nitrogen and oxygen atoms in total. The smallest absolute Gasteiger partial charge is 0.0480 e. The topological polar surface area (TPSA) is 14.8 Å². The molecule has 0 bridgehead atoms. The molecule has 6 aromatic rings. The molecule has 180 valence electrons. The van der Waals surface area contributed by atoms with Crippen molar-refractivity contribution >= 4 is 32.7 Å². The van der Waals surface area contributed by atoms with Crippen LogP contribution in [0.25, 0.3) is 32.7 Å². The normalized spacial score (nSPS) is 17.9. The Balaban J connectivity index is 1.49. The largest absolute Gasteiger partial charge is 0.350 e. The van der Waals surface area contributed by atoms with E-state index in [-0.39, 0.29) is 5.41 Å². The maximum Gasteiger partial charge on any atom is 0.0480 e. The number of para-hydroxylation sites is 3. The van der Waals surface area contributed by atoms with Crippen LogP contribution in [-0.4, -0.2) is 13.7 Å². The first-order valence-electron chi connectivity index (χ1n) is 13.2. The molecule has 3 heterocycles. The quantitative estimate of drug-likeness (QED) is 0.250. The van der Waals surface area contributed by atoms with E-state index < -0.39 is 0 Å². The van der Waals surface area contributed by atoms with Crippen molar-refractivity contribution in [2.45, 2.75) is 37.0 Å². The van der Waals surface area contributed by atoms with Gasteiger partial charge < -0.3 is 13.7 Å². The molecule has 1 aliphatic rings. The molecule has 0 N–H and O–H groups in total. The summed E-state index contributed by atoms with van der Waals surface area (Å²) in [6.07, 6.45) is 12.0. The second-order valence-electron chi connectivity index (χ2n) is 10.9. The zero-order valence-corrected chi connectivity index (χ0v) is 21.4. The first-order valence-corrected chi connectivity index (χ1v) is 13.2. The van der Waals surface area contributed by atoms with E-state index in [9.17, 15) is 0 Å². The fourth-order valence-electron chi connectivity index (χ4n) is 7.32. The molecule has 0 amide bonds. The highest BCUT2D eigenvalue weighted by Crippen LogP contribution is 2.54. The summed E-state index contributed by atoms with van der Waals surface area (Å²) in [5.74, 6) is 0.516. The molecule has 36 heavy (non-hydrogen) atoms.